The highest BCUT2D eigenvalue weighted by molar-refractivity contribution is 5.89. The molecule has 0 saturated carbocycles. The highest BCUT2D eigenvalue weighted by atomic mass is 16.5. The molecule has 4 heteroatoms. The van der Waals surface area contributed by atoms with Crippen LogP contribution in [0.3, 0.4) is 0 Å². The van der Waals surface area contributed by atoms with Crippen molar-refractivity contribution in [2.45, 2.75) is 26.3 Å². The van der Waals surface area contributed by atoms with E-state index in [1.54, 1.807) is 12.1 Å². The molecule has 1 aromatic rings. The first-order chi connectivity index (χ1) is 8.75. The maximum absolute atomic E-state index is 11.0. The maximum Gasteiger partial charge on any atom is 0.336 e. The largest absolute Gasteiger partial charge is 0.478 e. The molecule has 0 aromatic heterocycles. The first kappa shape index (κ1) is 14.7. The van der Waals surface area contributed by atoms with Gasteiger partial charge in [0.15, 0.2) is 0 Å². The van der Waals surface area contributed by atoms with Gasteiger partial charge in [-0.1, -0.05) is 31.5 Å². The van der Waals surface area contributed by atoms with Gasteiger partial charge in [-0.2, -0.15) is 0 Å². The van der Waals surface area contributed by atoms with Crippen molar-refractivity contribution in [3.05, 3.63) is 35.4 Å². The van der Waals surface area contributed by atoms with Gasteiger partial charge >= 0.3 is 5.97 Å². The third kappa shape index (κ3) is 5.29. The van der Waals surface area contributed by atoms with Crippen molar-refractivity contribution in [2.75, 3.05) is 19.8 Å². The molecule has 0 radical (unpaired) electrons. The molecule has 0 fully saturated rings. The van der Waals surface area contributed by atoms with E-state index in [9.17, 15) is 4.79 Å². The average molecular weight is 251 g/mol. The first-order valence-corrected chi connectivity index (χ1v) is 6.35. The van der Waals surface area contributed by atoms with Crippen LogP contribution < -0.4 is 5.32 Å². The number of carboxylic acid groups (broad SMARTS) is 1. The minimum absolute atomic E-state index is 0.358. The van der Waals surface area contributed by atoms with E-state index in [0.717, 1.165) is 31.6 Å². The molecule has 0 amide bonds. The number of rotatable bonds is 9. The third-order valence-electron chi connectivity index (χ3n) is 2.63. The average Bonchev–Trinajstić information content (AvgIpc) is 2.38. The monoisotopic (exact) mass is 251 g/mol. The summed E-state index contributed by atoms with van der Waals surface area (Å²) >= 11 is 0. The standard InChI is InChI=1S/C14H21NO3/c1-2-3-9-18-10-8-15-11-12-6-4-5-7-13(12)14(16)17/h4-7,15H,2-3,8-11H2,1H3,(H,16,17). The van der Waals surface area contributed by atoms with E-state index in [0.29, 0.717) is 18.7 Å². The highest BCUT2D eigenvalue weighted by Crippen LogP contribution is 2.07. The van der Waals surface area contributed by atoms with Crippen LogP contribution in [0.4, 0.5) is 0 Å². The number of benzene rings is 1. The second kappa shape index (κ2) is 8.66. The van der Waals surface area contributed by atoms with Crippen molar-refractivity contribution in [2.24, 2.45) is 0 Å². The van der Waals surface area contributed by atoms with Gasteiger partial charge < -0.3 is 15.2 Å². The smallest absolute Gasteiger partial charge is 0.336 e. The van der Waals surface area contributed by atoms with Crippen LogP contribution in [0.1, 0.15) is 35.7 Å². The summed E-state index contributed by atoms with van der Waals surface area (Å²) in [6.45, 7) is 4.88. The zero-order chi connectivity index (χ0) is 13.2. The maximum atomic E-state index is 11.0. The number of aromatic carboxylic acids is 1. The van der Waals surface area contributed by atoms with Gasteiger partial charge in [-0.05, 0) is 18.1 Å². The Hall–Kier alpha value is -1.39. The van der Waals surface area contributed by atoms with Gasteiger partial charge in [-0.15, -0.1) is 0 Å². The molecule has 0 atom stereocenters. The molecule has 0 spiro atoms. The summed E-state index contributed by atoms with van der Waals surface area (Å²) in [4.78, 5) is 11.0. The Kier molecular flexibility index (Phi) is 7.06. The quantitative estimate of drug-likeness (QED) is 0.661. The Morgan fingerprint density at radius 3 is 2.83 bits per heavy atom. The van der Waals surface area contributed by atoms with Gasteiger partial charge in [-0.3, -0.25) is 0 Å². The van der Waals surface area contributed by atoms with E-state index in [1.807, 2.05) is 12.1 Å². The Bertz CT molecular complexity index is 366. The van der Waals surface area contributed by atoms with E-state index in [-0.39, 0.29) is 0 Å². The lowest BCUT2D eigenvalue weighted by atomic mass is 10.1. The predicted octanol–water partition coefficient (Wildman–Crippen LogP) is 2.29. The third-order valence-corrected chi connectivity index (χ3v) is 2.63. The lowest BCUT2D eigenvalue weighted by molar-refractivity contribution is 0.0695. The Morgan fingerprint density at radius 2 is 2.11 bits per heavy atom. The van der Waals surface area contributed by atoms with Crippen molar-refractivity contribution in [3.8, 4) is 0 Å². The van der Waals surface area contributed by atoms with Gasteiger partial charge in [-0.25, -0.2) is 4.79 Å². The zero-order valence-corrected chi connectivity index (χ0v) is 10.8. The van der Waals surface area contributed by atoms with Gasteiger partial charge in [0.05, 0.1) is 12.2 Å². The summed E-state index contributed by atoms with van der Waals surface area (Å²) in [5.74, 6) is -0.883. The molecule has 0 aliphatic heterocycles. The normalized spacial score (nSPS) is 10.5. The topological polar surface area (TPSA) is 58.6 Å². The SMILES string of the molecule is CCCCOCCNCc1ccccc1C(=O)O. The van der Waals surface area contributed by atoms with Crippen LogP contribution in [-0.4, -0.2) is 30.8 Å². The van der Waals surface area contributed by atoms with Gasteiger partial charge in [0.2, 0.25) is 0 Å². The van der Waals surface area contributed by atoms with Crippen molar-refractivity contribution in [1.29, 1.82) is 0 Å². The molecule has 2 N–H and O–H groups in total. The predicted molar refractivity (Wildman–Crippen MR) is 70.8 cm³/mol. The van der Waals surface area contributed by atoms with Crippen molar-refractivity contribution < 1.29 is 14.6 Å². The van der Waals surface area contributed by atoms with Gasteiger partial charge in [0.1, 0.15) is 0 Å². The van der Waals surface area contributed by atoms with Crippen molar-refractivity contribution >= 4 is 5.97 Å². The molecular weight excluding hydrogens is 230 g/mol. The fourth-order valence-corrected chi connectivity index (χ4v) is 1.60. The molecular formula is C14H21NO3. The number of carbonyl (C=O) groups is 1. The molecule has 100 valence electrons. The van der Waals surface area contributed by atoms with Gasteiger partial charge in [0, 0.05) is 19.7 Å². The number of ether oxygens (including phenoxy) is 1. The van der Waals surface area contributed by atoms with E-state index in [2.05, 4.69) is 12.2 Å². The van der Waals surface area contributed by atoms with E-state index in [1.165, 1.54) is 0 Å². The van der Waals surface area contributed by atoms with Crippen LogP contribution in [0.25, 0.3) is 0 Å². The summed E-state index contributed by atoms with van der Waals surface area (Å²) < 4.78 is 5.41. The number of hydrogen-bond acceptors (Lipinski definition) is 3. The molecule has 18 heavy (non-hydrogen) atoms. The molecule has 0 heterocycles. The Morgan fingerprint density at radius 1 is 1.33 bits per heavy atom. The fraction of sp³-hybridized carbons (Fsp3) is 0.500. The first-order valence-electron chi connectivity index (χ1n) is 6.35. The number of carboxylic acids is 1. The van der Waals surface area contributed by atoms with Crippen molar-refractivity contribution in [3.63, 3.8) is 0 Å². The van der Waals surface area contributed by atoms with Gasteiger partial charge in [0.25, 0.3) is 0 Å². The second-order valence-corrected chi connectivity index (χ2v) is 4.11. The van der Waals surface area contributed by atoms with Crippen LogP contribution in [-0.2, 0) is 11.3 Å². The molecule has 0 bridgehead atoms. The summed E-state index contributed by atoms with van der Waals surface area (Å²) in [6, 6.07) is 7.04. The van der Waals surface area contributed by atoms with Crippen molar-refractivity contribution in [1.82, 2.24) is 5.32 Å². The second-order valence-electron chi connectivity index (χ2n) is 4.11. The lowest BCUT2D eigenvalue weighted by Gasteiger charge is -2.08. The summed E-state index contributed by atoms with van der Waals surface area (Å²) in [5.41, 5.74) is 1.16. The van der Waals surface area contributed by atoms with Crippen LogP contribution in [0.5, 0.6) is 0 Å². The molecule has 4 nitrogen and oxygen atoms in total. The molecule has 1 aromatic carbocycles. The summed E-state index contributed by atoms with van der Waals surface area (Å²) in [5, 5.41) is 12.2. The minimum atomic E-state index is -0.883. The minimum Gasteiger partial charge on any atom is -0.478 e. The van der Waals surface area contributed by atoms with Crippen LogP contribution in [0, 0.1) is 0 Å². The molecule has 0 saturated heterocycles. The molecule has 0 aliphatic rings. The molecule has 1 rings (SSSR count). The molecule has 0 aliphatic carbocycles. The zero-order valence-electron chi connectivity index (χ0n) is 10.8. The van der Waals surface area contributed by atoms with Crippen LogP contribution >= 0.6 is 0 Å². The lowest BCUT2D eigenvalue weighted by Crippen LogP contribution is -2.20. The Labute approximate surface area is 108 Å². The van der Waals surface area contributed by atoms with Crippen LogP contribution in [0.2, 0.25) is 0 Å². The number of nitrogens with one attached hydrogen (secondary N) is 1. The van der Waals surface area contributed by atoms with Crippen LogP contribution in [0.15, 0.2) is 24.3 Å². The highest BCUT2D eigenvalue weighted by Gasteiger charge is 2.07. The Balaban J connectivity index is 2.25. The number of hydrogen-bond donors (Lipinski definition) is 2. The summed E-state index contributed by atoms with van der Waals surface area (Å²) in [6.07, 6.45) is 2.22. The fourth-order valence-electron chi connectivity index (χ4n) is 1.60. The number of unbranched alkanes of at least 4 members (excludes halogenated alkanes) is 1. The molecule has 0 unspecified atom stereocenters. The van der Waals surface area contributed by atoms with E-state index in [4.69, 9.17) is 9.84 Å². The van der Waals surface area contributed by atoms with E-state index < -0.39 is 5.97 Å². The summed E-state index contributed by atoms with van der Waals surface area (Å²) in [7, 11) is 0. The van der Waals surface area contributed by atoms with E-state index >= 15 is 0 Å².